The summed E-state index contributed by atoms with van der Waals surface area (Å²) in [5.74, 6) is 0. The molecule has 3 aromatic carbocycles. The second kappa shape index (κ2) is 7.74. The minimum Gasteiger partial charge on any atom is -0.370 e. The van der Waals surface area contributed by atoms with Crippen molar-refractivity contribution in [3.63, 3.8) is 0 Å². The van der Waals surface area contributed by atoms with Crippen molar-refractivity contribution >= 4 is 40.1 Å². The zero-order valence-corrected chi connectivity index (χ0v) is 17.6. The van der Waals surface area contributed by atoms with E-state index in [0.29, 0.717) is 0 Å². The first kappa shape index (κ1) is 19.6. The lowest BCUT2D eigenvalue weighted by molar-refractivity contribution is 0.925. The first-order valence-electron chi connectivity index (χ1n) is 10.3. The van der Waals surface area contributed by atoms with Gasteiger partial charge >= 0.3 is 0 Å². The summed E-state index contributed by atoms with van der Waals surface area (Å²) in [5, 5.41) is 2.51. The second-order valence-corrected chi connectivity index (χ2v) is 7.94. The molecule has 6 heteroatoms. The lowest BCUT2D eigenvalue weighted by Gasteiger charge is -2.19. The van der Waals surface area contributed by atoms with Gasteiger partial charge in [-0.15, -0.1) is 0 Å². The molecule has 0 bridgehead atoms. The number of hydrogen-bond donors (Lipinski definition) is 3. The van der Waals surface area contributed by atoms with Crippen LogP contribution in [0.4, 0.5) is 5.69 Å². The van der Waals surface area contributed by atoms with Gasteiger partial charge in [-0.25, -0.2) is 0 Å². The molecule has 5 rings (SSSR count). The van der Waals surface area contributed by atoms with E-state index in [0.717, 1.165) is 28.8 Å². The number of rotatable bonds is 4. The molecule has 2 aromatic heterocycles. The zero-order valence-electron chi connectivity index (χ0n) is 17.6. The Labute approximate surface area is 183 Å². The monoisotopic (exact) mass is 422 g/mol. The average Bonchev–Trinajstić information content (AvgIpc) is 3.15. The molecule has 2 heterocycles. The van der Waals surface area contributed by atoms with E-state index in [1.807, 2.05) is 37.4 Å². The quantitative estimate of drug-likeness (QED) is 0.416. The van der Waals surface area contributed by atoms with E-state index in [4.69, 9.17) is 0 Å². The van der Waals surface area contributed by atoms with Crippen molar-refractivity contribution in [2.45, 2.75) is 6.54 Å². The molecule has 6 nitrogen and oxygen atoms in total. The van der Waals surface area contributed by atoms with Crippen molar-refractivity contribution in [1.82, 2.24) is 15.0 Å². The van der Waals surface area contributed by atoms with Crippen molar-refractivity contribution in [2.24, 2.45) is 0 Å². The number of aromatic amines is 3. The van der Waals surface area contributed by atoms with Crippen molar-refractivity contribution in [3.8, 4) is 0 Å². The van der Waals surface area contributed by atoms with Gasteiger partial charge in [-0.3, -0.25) is 9.59 Å². The predicted octanol–water partition coefficient (Wildman–Crippen LogP) is 2.57. The Morgan fingerprint density at radius 2 is 1.53 bits per heavy atom. The van der Waals surface area contributed by atoms with Crippen LogP contribution in [0.2, 0.25) is 0 Å². The molecule has 0 fully saturated rings. The molecule has 0 aliphatic heterocycles. The largest absolute Gasteiger partial charge is 0.370 e. The van der Waals surface area contributed by atoms with Crippen LogP contribution in [0.15, 0.2) is 76.3 Å². The molecule has 5 aromatic rings. The fourth-order valence-corrected chi connectivity index (χ4v) is 4.02. The molecular formula is C26H22N4O2. The molecular weight excluding hydrogens is 400 g/mol. The maximum Gasteiger partial charge on any atom is 0.262 e. The summed E-state index contributed by atoms with van der Waals surface area (Å²) in [5.41, 5.74) is 4.59. The summed E-state index contributed by atoms with van der Waals surface area (Å²) in [6.45, 7) is 4.30. The summed E-state index contributed by atoms with van der Waals surface area (Å²) in [6.07, 6.45) is 1.58. The van der Waals surface area contributed by atoms with Gasteiger partial charge in [-0.05, 0) is 47.5 Å². The van der Waals surface area contributed by atoms with Crippen LogP contribution in [-0.4, -0.2) is 22.0 Å². The number of nitrogens with one attached hydrogen (secondary N) is 3. The van der Waals surface area contributed by atoms with Gasteiger partial charge < -0.3 is 19.9 Å². The molecule has 0 saturated carbocycles. The maximum atomic E-state index is 12.0. The predicted molar refractivity (Wildman–Crippen MR) is 130 cm³/mol. The van der Waals surface area contributed by atoms with E-state index in [9.17, 15) is 9.59 Å². The lowest BCUT2D eigenvalue weighted by atomic mass is 10.1. The molecule has 0 amide bonds. The highest BCUT2D eigenvalue weighted by molar-refractivity contribution is 6.07. The number of benzene rings is 3. The van der Waals surface area contributed by atoms with Gasteiger partial charge in [-0.2, -0.15) is 0 Å². The summed E-state index contributed by atoms with van der Waals surface area (Å²) >= 11 is 0. The van der Waals surface area contributed by atoms with Crippen molar-refractivity contribution in [3.05, 3.63) is 109 Å². The van der Waals surface area contributed by atoms with E-state index in [-0.39, 0.29) is 10.7 Å². The number of nitrogens with zero attached hydrogens (tertiary/aromatic N) is 1. The van der Waals surface area contributed by atoms with Crippen molar-refractivity contribution < 1.29 is 0 Å². The fraction of sp³-hybridized carbons (Fsp3) is 0.0769. The topological polar surface area (TPSA) is 84.8 Å². The molecule has 158 valence electrons. The van der Waals surface area contributed by atoms with E-state index in [1.54, 1.807) is 6.08 Å². The Balaban J connectivity index is 1.41. The highest BCUT2D eigenvalue weighted by Crippen LogP contribution is 2.27. The maximum absolute atomic E-state index is 12.0. The van der Waals surface area contributed by atoms with Crippen LogP contribution in [0.5, 0.6) is 0 Å². The smallest absolute Gasteiger partial charge is 0.262 e. The van der Waals surface area contributed by atoms with Crippen LogP contribution in [-0.2, 0) is 6.54 Å². The number of fused-ring (bicyclic) bond motifs is 3. The molecule has 0 aliphatic rings. The molecule has 32 heavy (non-hydrogen) atoms. The number of hydrogen-bond acceptors (Lipinski definition) is 3. The third-order valence-corrected chi connectivity index (χ3v) is 5.65. The van der Waals surface area contributed by atoms with Crippen LogP contribution in [0, 0.1) is 0 Å². The Morgan fingerprint density at radius 3 is 2.28 bits per heavy atom. The number of aromatic nitrogens is 3. The highest BCUT2D eigenvalue weighted by Gasteiger charge is 2.07. The summed E-state index contributed by atoms with van der Waals surface area (Å²) in [7, 11) is 2.04. The normalized spacial score (nSPS) is 11.2. The van der Waals surface area contributed by atoms with Gasteiger partial charge in [0.1, 0.15) is 10.7 Å². The number of H-pyrrole nitrogens is 3. The number of para-hydroxylation sites is 1. The second-order valence-electron chi connectivity index (χ2n) is 7.94. The first-order chi connectivity index (χ1) is 15.5. The SMILES string of the molecule is C=c1[nH]c(=O)c(=Cc2ccc(N(C)Cc3ccc4[nH]c5ccccc5c4c3)cc2)c(=O)[nH]1. The summed E-state index contributed by atoms with van der Waals surface area (Å²) in [6, 6.07) is 22.6. The molecule has 0 radical (unpaired) electrons. The zero-order chi connectivity index (χ0) is 22.2. The summed E-state index contributed by atoms with van der Waals surface area (Å²) < 4.78 is 0. The standard InChI is InChI=1S/C26H22N4O2/c1-16-27-25(31)22(26(32)28-16)13-17-7-10-19(11-8-17)30(2)15-18-9-12-24-21(14-18)20-5-3-4-6-23(20)29-24/h3-14,29H,1,15H2,2H3,(H,27,31)(H,28,32). The van der Waals surface area contributed by atoms with Crippen LogP contribution in [0.3, 0.4) is 0 Å². The molecule has 0 saturated heterocycles. The fourth-order valence-electron chi connectivity index (χ4n) is 4.02. The average molecular weight is 422 g/mol. The summed E-state index contributed by atoms with van der Waals surface area (Å²) in [4.78, 5) is 34.7. The third kappa shape index (κ3) is 3.63. The molecule has 0 atom stereocenters. The van der Waals surface area contributed by atoms with Crippen LogP contribution >= 0.6 is 0 Å². The van der Waals surface area contributed by atoms with Crippen LogP contribution in [0.1, 0.15) is 11.1 Å². The van der Waals surface area contributed by atoms with Gasteiger partial charge in [0.15, 0.2) is 0 Å². The molecule has 0 aliphatic carbocycles. The number of anilines is 1. The van der Waals surface area contributed by atoms with E-state index in [2.05, 4.69) is 62.8 Å². The van der Waals surface area contributed by atoms with Gasteiger partial charge in [0, 0.05) is 41.1 Å². The van der Waals surface area contributed by atoms with Gasteiger partial charge in [0.25, 0.3) is 11.1 Å². The molecule has 3 N–H and O–H groups in total. The lowest BCUT2D eigenvalue weighted by Crippen LogP contribution is -2.47. The van der Waals surface area contributed by atoms with E-state index < -0.39 is 11.1 Å². The van der Waals surface area contributed by atoms with E-state index in [1.165, 1.54) is 16.3 Å². The van der Waals surface area contributed by atoms with Crippen LogP contribution < -0.4 is 26.7 Å². The molecule has 0 unspecified atom stereocenters. The Morgan fingerprint density at radius 1 is 0.844 bits per heavy atom. The first-order valence-corrected chi connectivity index (χ1v) is 10.3. The molecule has 0 spiro atoms. The van der Waals surface area contributed by atoms with E-state index >= 15 is 0 Å². The van der Waals surface area contributed by atoms with Crippen molar-refractivity contribution in [1.29, 1.82) is 0 Å². The Bertz CT molecular complexity index is 1640. The Hall–Kier alpha value is -4.32. The third-order valence-electron chi connectivity index (χ3n) is 5.65. The highest BCUT2D eigenvalue weighted by atomic mass is 16.1. The minimum absolute atomic E-state index is 0.0607. The minimum atomic E-state index is -0.451. The van der Waals surface area contributed by atoms with Crippen molar-refractivity contribution in [2.75, 3.05) is 11.9 Å². The van der Waals surface area contributed by atoms with Crippen LogP contribution in [0.25, 0.3) is 34.5 Å². The van der Waals surface area contributed by atoms with Gasteiger partial charge in [0.2, 0.25) is 0 Å². The Kier molecular flexibility index (Phi) is 4.75. The van der Waals surface area contributed by atoms with Gasteiger partial charge in [-0.1, -0.05) is 43.0 Å². The van der Waals surface area contributed by atoms with Gasteiger partial charge in [0.05, 0.1) is 0 Å².